The Bertz CT molecular complexity index is 396. The van der Waals surface area contributed by atoms with Crippen molar-refractivity contribution in [3.63, 3.8) is 0 Å². The van der Waals surface area contributed by atoms with E-state index in [1.165, 1.54) is 10.9 Å². The Kier molecular flexibility index (Phi) is 5.04. The van der Waals surface area contributed by atoms with Crippen molar-refractivity contribution in [1.29, 1.82) is 0 Å². The minimum absolute atomic E-state index is 0.102. The van der Waals surface area contributed by atoms with Gasteiger partial charge in [0.1, 0.15) is 5.69 Å². The quantitative estimate of drug-likeness (QED) is 0.785. The summed E-state index contributed by atoms with van der Waals surface area (Å²) in [6.45, 7) is 3.73. The molecule has 0 saturated heterocycles. The molecule has 1 rings (SSSR count). The van der Waals surface area contributed by atoms with E-state index in [4.69, 9.17) is 4.74 Å². The van der Waals surface area contributed by atoms with E-state index in [2.05, 4.69) is 21.0 Å². The Hall–Kier alpha value is -0.980. The van der Waals surface area contributed by atoms with Gasteiger partial charge in [-0.2, -0.15) is 5.10 Å². The Morgan fingerprint density at radius 2 is 2.29 bits per heavy atom. The van der Waals surface area contributed by atoms with E-state index in [9.17, 15) is 13.6 Å². The first kappa shape index (κ1) is 14.1. The fraction of sp³-hybridized carbons (Fsp3) is 0.600. The minimum Gasteiger partial charge on any atom is -0.466 e. The zero-order chi connectivity index (χ0) is 13.0. The first-order valence-electron chi connectivity index (χ1n) is 5.14. The molecule has 1 unspecified atom stereocenters. The number of hydrogen-bond acceptors (Lipinski definition) is 3. The summed E-state index contributed by atoms with van der Waals surface area (Å²) in [4.78, 5) is 11.2. The third-order valence-electron chi connectivity index (χ3n) is 2.14. The van der Waals surface area contributed by atoms with Gasteiger partial charge in [0.15, 0.2) is 0 Å². The molecule has 0 fully saturated rings. The molecule has 1 heterocycles. The van der Waals surface area contributed by atoms with Crippen LogP contribution in [-0.4, -0.2) is 22.4 Å². The van der Waals surface area contributed by atoms with Crippen molar-refractivity contribution in [2.75, 3.05) is 6.61 Å². The van der Waals surface area contributed by atoms with Gasteiger partial charge in [-0.05, 0) is 29.8 Å². The van der Waals surface area contributed by atoms with E-state index in [0.717, 1.165) is 0 Å². The molecule has 0 saturated carbocycles. The van der Waals surface area contributed by atoms with Crippen molar-refractivity contribution in [2.45, 2.75) is 32.7 Å². The molecule has 1 atom stereocenters. The number of ether oxygens (including phenoxy) is 1. The molecule has 0 amide bonds. The predicted octanol–water partition coefficient (Wildman–Crippen LogP) is 3.10. The second-order valence-corrected chi connectivity index (χ2v) is 4.36. The van der Waals surface area contributed by atoms with Gasteiger partial charge in [0.25, 0.3) is 6.43 Å². The van der Waals surface area contributed by atoms with Crippen LogP contribution in [-0.2, 0) is 9.53 Å². The van der Waals surface area contributed by atoms with E-state index in [0.29, 0.717) is 6.61 Å². The van der Waals surface area contributed by atoms with Crippen LogP contribution in [0.15, 0.2) is 10.7 Å². The van der Waals surface area contributed by atoms with Crippen molar-refractivity contribution in [3.05, 3.63) is 16.4 Å². The molecule has 0 bridgehead atoms. The molecule has 0 N–H and O–H groups in total. The molecule has 0 spiro atoms. The number of aromatic nitrogens is 2. The highest BCUT2D eigenvalue weighted by molar-refractivity contribution is 9.10. The Labute approximate surface area is 106 Å². The topological polar surface area (TPSA) is 44.1 Å². The Morgan fingerprint density at radius 3 is 2.76 bits per heavy atom. The van der Waals surface area contributed by atoms with Crippen molar-refractivity contribution < 1.29 is 18.3 Å². The smallest absolute Gasteiger partial charge is 0.307 e. The van der Waals surface area contributed by atoms with Crippen LogP contribution >= 0.6 is 15.9 Å². The average molecular weight is 311 g/mol. The summed E-state index contributed by atoms with van der Waals surface area (Å²) in [6, 6.07) is -0.321. The van der Waals surface area contributed by atoms with Crippen LogP contribution in [0.4, 0.5) is 8.78 Å². The summed E-state index contributed by atoms with van der Waals surface area (Å²) in [5.74, 6) is -0.370. The summed E-state index contributed by atoms with van der Waals surface area (Å²) in [5, 5.41) is 3.73. The minimum atomic E-state index is -2.64. The van der Waals surface area contributed by atoms with Gasteiger partial charge in [0.05, 0.1) is 23.5 Å². The van der Waals surface area contributed by atoms with Crippen LogP contribution < -0.4 is 0 Å². The molecule has 0 aliphatic carbocycles. The number of halogens is 3. The lowest BCUT2D eigenvalue weighted by Crippen LogP contribution is -2.14. The summed E-state index contributed by atoms with van der Waals surface area (Å²) < 4.78 is 31.3. The van der Waals surface area contributed by atoms with Crippen LogP contribution in [0.3, 0.4) is 0 Å². The predicted molar refractivity (Wildman–Crippen MR) is 60.8 cm³/mol. The SMILES string of the molecule is CCOC(=O)CC(C)n1cc(Br)c(C(F)F)n1. The van der Waals surface area contributed by atoms with Gasteiger partial charge in [0.2, 0.25) is 0 Å². The van der Waals surface area contributed by atoms with Gasteiger partial charge in [-0.3, -0.25) is 9.48 Å². The lowest BCUT2D eigenvalue weighted by molar-refractivity contribution is -0.143. The number of nitrogens with zero attached hydrogens (tertiary/aromatic N) is 2. The molecular weight excluding hydrogens is 298 g/mol. The number of rotatable bonds is 5. The lowest BCUT2D eigenvalue weighted by atomic mass is 10.2. The van der Waals surface area contributed by atoms with E-state index in [1.54, 1.807) is 13.8 Å². The highest BCUT2D eigenvalue weighted by atomic mass is 79.9. The lowest BCUT2D eigenvalue weighted by Gasteiger charge is -2.10. The molecule has 17 heavy (non-hydrogen) atoms. The third-order valence-corrected chi connectivity index (χ3v) is 2.75. The van der Waals surface area contributed by atoms with E-state index in [1.807, 2.05) is 0 Å². The first-order chi connectivity index (χ1) is 7.95. The maximum Gasteiger partial charge on any atom is 0.307 e. The first-order valence-corrected chi connectivity index (χ1v) is 5.93. The normalized spacial score (nSPS) is 12.8. The monoisotopic (exact) mass is 310 g/mol. The largest absolute Gasteiger partial charge is 0.466 e. The van der Waals surface area contributed by atoms with Gasteiger partial charge in [-0.15, -0.1) is 0 Å². The van der Waals surface area contributed by atoms with Crippen molar-refractivity contribution in [1.82, 2.24) is 9.78 Å². The van der Waals surface area contributed by atoms with E-state index < -0.39 is 6.43 Å². The van der Waals surface area contributed by atoms with E-state index in [-0.39, 0.29) is 28.6 Å². The molecular formula is C10H13BrF2N2O2. The maximum absolute atomic E-state index is 12.5. The van der Waals surface area contributed by atoms with Crippen LogP contribution in [0.2, 0.25) is 0 Å². The number of carbonyl (C=O) groups excluding carboxylic acids is 1. The number of carbonyl (C=O) groups is 1. The molecule has 4 nitrogen and oxygen atoms in total. The summed E-state index contributed by atoms with van der Waals surface area (Å²) in [6.07, 6.45) is -1.10. The molecule has 0 aliphatic heterocycles. The summed E-state index contributed by atoms with van der Waals surface area (Å²) >= 11 is 3.00. The van der Waals surface area contributed by atoms with Gasteiger partial charge >= 0.3 is 5.97 Å². The average Bonchev–Trinajstić information content (AvgIpc) is 2.60. The second kappa shape index (κ2) is 6.09. The van der Waals surface area contributed by atoms with Gasteiger partial charge in [-0.25, -0.2) is 8.78 Å². The zero-order valence-electron chi connectivity index (χ0n) is 9.49. The molecule has 0 aliphatic rings. The van der Waals surface area contributed by atoms with Gasteiger partial charge < -0.3 is 4.74 Å². The van der Waals surface area contributed by atoms with Crippen LogP contribution in [0.5, 0.6) is 0 Å². The van der Waals surface area contributed by atoms with Crippen molar-refractivity contribution in [3.8, 4) is 0 Å². The summed E-state index contributed by atoms with van der Waals surface area (Å²) in [5.41, 5.74) is -0.319. The number of esters is 1. The standard InChI is InChI=1S/C10H13BrF2N2O2/c1-3-17-8(16)4-6(2)15-5-7(11)9(14-15)10(12)13/h5-6,10H,3-4H2,1-2H3. The molecule has 1 aromatic heterocycles. The molecule has 1 aromatic rings. The zero-order valence-corrected chi connectivity index (χ0v) is 11.1. The molecule has 0 aromatic carbocycles. The number of alkyl halides is 2. The summed E-state index contributed by atoms with van der Waals surface area (Å²) in [7, 11) is 0. The van der Waals surface area contributed by atoms with Crippen molar-refractivity contribution >= 4 is 21.9 Å². The third kappa shape index (κ3) is 3.76. The van der Waals surface area contributed by atoms with Gasteiger partial charge in [-0.1, -0.05) is 0 Å². The van der Waals surface area contributed by atoms with Crippen LogP contribution in [0.25, 0.3) is 0 Å². The number of hydrogen-bond donors (Lipinski definition) is 0. The van der Waals surface area contributed by atoms with Crippen LogP contribution in [0, 0.1) is 0 Å². The highest BCUT2D eigenvalue weighted by Gasteiger charge is 2.20. The van der Waals surface area contributed by atoms with E-state index >= 15 is 0 Å². The Morgan fingerprint density at radius 1 is 1.65 bits per heavy atom. The Balaban J connectivity index is 2.72. The second-order valence-electron chi connectivity index (χ2n) is 3.50. The molecule has 96 valence electrons. The van der Waals surface area contributed by atoms with Crippen LogP contribution in [0.1, 0.15) is 38.4 Å². The highest BCUT2D eigenvalue weighted by Crippen LogP contribution is 2.27. The van der Waals surface area contributed by atoms with Gasteiger partial charge in [0, 0.05) is 6.20 Å². The molecule has 0 radical (unpaired) electrons. The fourth-order valence-corrected chi connectivity index (χ4v) is 1.77. The fourth-order valence-electron chi connectivity index (χ4n) is 1.31. The maximum atomic E-state index is 12.5. The van der Waals surface area contributed by atoms with Crippen molar-refractivity contribution in [2.24, 2.45) is 0 Å². The molecule has 7 heteroatoms.